The molecule has 0 amide bonds. The monoisotopic (exact) mass is 289 g/mol. The SMILES string of the molecule is Cc1ccc(-c2nc3c(o2)-c2ccccc2C(=O)C3=O)cc1. The van der Waals surface area contributed by atoms with Crippen LogP contribution in [-0.2, 0) is 0 Å². The van der Waals surface area contributed by atoms with Crippen molar-refractivity contribution in [2.45, 2.75) is 6.92 Å². The van der Waals surface area contributed by atoms with E-state index >= 15 is 0 Å². The number of rotatable bonds is 1. The van der Waals surface area contributed by atoms with Gasteiger partial charge in [-0.1, -0.05) is 42.0 Å². The summed E-state index contributed by atoms with van der Waals surface area (Å²) >= 11 is 0. The molecule has 1 aliphatic rings. The topological polar surface area (TPSA) is 60.2 Å². The first-order valence-electron chi connectivity index (χ1n) is 6.91. The molecular formula is C18H11NO3. The molecule has 0 aliphatic heterocycles. The van der Waals surface area contributed by atoms with Gasteiger partial charge in [-0.25, -0.2) is 4.98 Å². The van der Waals surface area contributed by atoms with Crippen LogP contribution in [-0.4, -0.2) is 16.6 Å². The molecule has 1 aromatic heterocycles. The van der Waals surface area contributed by atoms with Gasteiger partial charge >= 0.3 is 0 Å². The van der Waals surface area contributed by atoms with E-state index in [1.165, 1.54) is 0 Å². The predicted molar refractivity (Wildman–Crippen MR) is 80.8 cm³/mol. The van der Waals surface area contributed by atoms with E-state index in [4.69, 9.17) is 4.42 Å². The maximum atomic E-state index is 12.2. The van der Waals surface area contributed by atoms with Crippen molar-refractivity contribution < 1.29 is 14.0 Å². The molecule has 0 N–H and O–H groups in total. The fraction of sp³-hybridized carbons (Fsp3) is 0.0556. The Hall–Kier alpha value is -3.01. The van der Waals surface area contributed by atoms with Gasteiger partial charge in [0.2, 0.25) is 11.7 Å². The fourth-order valence-electron chi connectivity index (χ4n) is 2.59. The lowest BCUT2D eigenvalue weighted by Gasteiger charge is -2.10. The zero-order valence-electron chi connectivity index (χ0n) is 11.8. The molecule has 4 heteroatoms. The van der Waals surface area contributed by atoms with Gasteiger partial charge in [-0.3, -0.25) is 9.59 Å². The van der Waals surface area contributed by atoms with Gasteiger partial charge in [-0.15, -0.1) is 0 Å². The Balaban J connectivity index is 1.93. The molecule has 0 atom stereocenters. The number of carbonyl (C=O) groups excluding carboxylic acids is 2. The largest absolute Gasteiger partial charge is 0.435 e. The second-order valence-electron chi connectivity index (χ2n) is 5.27. The highest BCUT2D eigenvalue weighted by Gasteiger charge is 2.35. The van der Waals surface area contributed by atoms with Crippen LogP contribution in [0.4, 0.5) is 0 Å². The molecule has 0 saturated carbocycles. The summed E-state index contributed by atoms with van der Waals surface area (Å²) in [6, 6.07) is 14.6. The summed E-state index contributed by atoms with van der Waals surface area (Å²) in [6.07, 6.45) is 0. The number of ketones is 2. The second-order valence-corrected chi connectivity index (χ2v) is 5.27. The van der Waals surface area contributed by atoms with Crippen molar-refractivity contribution in [2.24, 2.45) is 0 Å². The molecule has 3 aromatic rings. The highest BCUT2D eigenvalue weighted by molar-refractivity contribution is 6.52. The number of hydrogen-bond acceptors (Lipinski definition) is 4. The normalized spacial score (nSPS) is 13.0. The van der Waals surface area contributed by atoms with E-state index in [0.29, 0.717) is 22.8 Å². The van der Waals surface area contributed by atoms with Gasteiger partial charge in [0.05, 0.1) is 0 Å². The lowest BCUT2D eigenvalue weighted by Crippen LogP contribution is -2.20. The number of fused-ring (bicyclic) bond motifs is 3. The third-order valence-electron chi connectivity index (χ3n) is 3.76. The van der Waals surface area contributed by atoms with E-state index in [2.05, 4.69) is 4.98 Å². The van der Waals surface area contributed by atoms with E-state index < -0.39 is 11.6 Å². The molecule has 106 valence electrons. The minimum absolute atomic E-state index is 0.0966. The summed E-state index contributed by atoms with van der Waals surface area (Å²) in [5.74, 6) is -0.429. The van der Waals surface area contributed by atoms with Gasteiger partial charge in [-0.2, -0.15) is 0 Å². The molecule has 0 fully saturated rings. The van der Waals surface area contributed by atoms with Crippen LogP contribution in [0, 0.1) is 6.92 Å². The third-order valence-corrected chi connectivity index (χ3v) is 3.76. The third kappa shape index (κ3) is 1.74. The summed E-state index contributed by atoms with van der Waals surface area (Å²) < 4.78 is 5.79. The summed E-state index contributed by atoms with van der Waals surface area (Å²) in [4.78, 5) is 28.6. The van der Waals surface area contributed by atoms with Crippen molar-refractivity contribution in [1.29, 1.82) is 0 Å². The van der Waals surface area contributed by atoms with Crippen LogP contribution in [0.1, 0.15) is 26.4 Å². The Bertz CT molecular complexity index is 920. The number of carbonyl (C=O) groups is 2. The summed E-state index contributed by atoms with van der Waals surface area (Å²) in [5, 5.41) is 0. The zero-order valence-corrected chi connectivity index (χ0v) is 11.8. The summed E-state index contributed by atoms with van der Waals surface area (Å²) in [7, 11) is 0. The number of Topliss-reactive ketones (excluding diaryl/α,β-unsaturated/α-hetero) is 2. The molecule has 4 nitrogen and oxygen atoms in total. The van der Waals surface area contributed by atoms with Crippen molar-refractivity contribution in [2.75, 3.05) is 0 Å². The number of nitrogens with zero attached hydrogens (tertiary/aromatic N) is 1. The van der Waals surface area contributed by atoms with Crippen molar-refractivity contribution >= 4 is 11.6 Å². The first-order valence-corrected chi connectivity index (χ1v) is 6.91. The molecule has 22 heavy (non-hydrogen) atoms. The van der Waals surface area contributed by atoms with E-state index in [-0.39, 0.29) is 5.69 Å². The van der Waals surface area contributed by atoms with Gasteiger partial charge < -0.3 is 4.42 Å². The number of oxazole rings is 1. The Morgan fingerprint density at radius 3 is 2.27 bits per heavy atom. The van der Waals surface area contributed by atoms with Crippen molar-refractivity contribution in [3.8, 4) is 22.8 Å². The molecule has 4 rings (SSSR count). The van der Waals surface area contributed by atoms with Crippen molar-refractivity contribution in [3.05, 3.63) is 65.4 Å². The van der Waals surface area contributed by atoms with Gasteiger partial charge in [-0.05, 0) is 19.1 Å². The summed E-state index contributed by atoms with van der Waals surface area (Å²) in [6.45, 7) is 1.99. The van der Waals surface area contributed by atoms with Crippen LogP contribution in [0.15, 0.2) is 52.9 Å². The molecule has 0 radical (unpaired) electrons. The Kier molecular flexibility index (Phi) is 2.60. The highest BCUT2D eigenvalue weighted by atomic mass is 16.4. The van der Waals surface area contributed by atoms with Crippen LogP contribution in [0.3, 0.4) is 0 Å². The van der Waals surface area contributed by atoms with E-state index in [9.17, 15) is 9.59 Å². The summed E-state index contributed by atoms with van der Waals surface area (Å²) in [5.41, 5.74) is 2.98. The van der Waals surface area contributed by atoms with E-state index in [1.54, 1.807) is 24.3 Å². The van der Waals surface area contributed by atoms with Crippen LogP contribution in [0.2, 0.25) is 0 Å². The minimum atomic E-state index is -0.615. The van der Waals surface area contributed by atoms with Gasteiger partial charge in [0.15, 0.2) is 11.5 Å². The Morgan fingerprint density at radius 2 is 1.55 bits per heavy atom. The first kappa shape index (κ1) is 12.7. The van der Waals surface area contributed by atoms with Crippen molar-refractivity contribution in [1.82, 2.24) is 4.98 Å². The molecule has 1 heterocycles. The van der Waals surface area contributed by atoms with Crippen LogP contribution >= 0.6 is 0 Å². The van der Waals surface area contributed by atoms with Crippen molar-refractivity contribution in [3.63, 3.8) is 0 Å². The number of aromatic nitrogens is 1. The molecule has 0 saturated heterocycles. The van der Waals surface area contributed by atoms with Crippen LogP contribution in [0.25, 0.3) is 22.8 Å². The van der Waals surface area contributed by atoms with Crippen LogP contribution in [0.5, 0.6) is 0 Å². The maximum Gasteiger partial charge on any atom is 0.255 e. The fourth-order valence-corrected chi connectivity index (χ4v) is 2.59. The Labute approximate surface area is 126 Å². The molecule has 1 aliphatic carbocycles. The average molecular weight is 289 g/mol. The highest BCUT2D eigenvalue weighted by Crippen LogP contribution is 2.36. The minimum Gasteiger partial charge on any atom is -0.435 e. The lowest BCUT2D eigenvalue weighted by molar-refractivity contribution is 0.0812. The smallest absolute Gasteiger partial charge is 0.255 e. The molecule has 0 unspecified atom stereocenters. The number of aryl methyl sites for hydroxylation is 1. The van der Waals surface area contributed by atoms with Crippen LogP contribution < -0.4 is 0 Å². The van der Waals surface area contributed by atoms with Gasteiger partial charge in [0, 0.05) is 16.7 Å². The first-order chi connectivity index (χ1) is 10.6. The van der Waals surface area contributed by atoms with E-state index in [0.717, 1.165) is 11.1 Å². The second kappa shape index (κ2) is 4.49. The zero-order chi connectivity index (χ0) is 15.3. The quantitative estimate of drug-likeness (QED) is 0.641. The number of benzene rings is 2. The predicted octanol–water partition coefficient (Wildman–Crippen LogP) is 3.70. The standard InChI is InChI=1S/C18H11NO3/c1-10-6-8-11(9-7-10)18-19-14-16(21)15(20)12-4-2-3-5-13(12)17(14)22-18/h2-9H,1H3. The maximum absolute atomic E-state index is 12.2. The number of hydrogen-bond donors (Lipinski definition) is 0. The molecule has 0 spiro atoms. The van der Waals surface area contributed by atoms with Gasteiger partial charge in [0.25, 0.3) is 5.78 Å². The average Bonchev–Trinajstić information content (AvgIpc) is 2.99. The molecule has 0 bridgehead atoms. The lowest BCUT2D eigenvalue weighted by atomic mass is 9.91. The Morgan fingerprint density at radius 1 is 0.864 bits per heavy atom. The molecule has 2 aromatic carbocycles. The van der Waals surface area contributed by atoms with Gasteiger partial charge in [0.1, 0.15) is 0 Å². The molecular weight excluding hydrogens is 278 g/mol. The van der Waals surface area contributed by atoms with E-state index in [1.807, 2.05) is 31.2 Å².